The first kappa shape index (κ1) is 21.1. The largest absolute Gasteiger partial charge is 0.353 e. The van der Waals surface area contributed by atoms with E-state index >= 15 is 0 Å². The third-order valence-corrected chi connectivity index (χ3v) is 7.45. The lowest BCUT2D eigenvalue weighted by molar-refractivity contribution is -0.00240. The molecule has 2 fully saturated rings. The summed E-state index contributed by atoms with van der Waals surface area (Å²) in [5.41, 5.74) is 0.831. The van der Waals surface area contributed by atoms with E-state index < -0.39 is 16.4 Å². The quantitative estimate of drug-likeness (QED) is 0.561. The summed E-state index contributed by atoms with van der Waals surface area (Å²) in [7, 11) is -1.21. The Balaban J connectivity index is 1.44. The van der Waals surface area contributed by atoms with E-state index in [9.17, 15) is 17.2 Å². The van der Waals surface area contributed by atoms with Gasteiger partial charge < -0.3 is 4.90 Å². The van der Waals surface area contributed by atoms with Crippen molar-refractivity contribution in [2.24, 2.45) is 0 Å². The topological polar surface area (TPSA) is 99.8 Å². The minimum absolute atomic E-state index is 0.274. The lowest BCUT2D eigenvalue weighted by atomic mass is 9.87. The number of fused-ring (bicyclic) bond motifs is 1. The Bertz CT molecular complexity index is 1280. The van der Waals surface area contributed by atoms with Gasteiger partial charge >= 0.3 is 0 Å². The second-order valence-corrected chi connectivity index (χ2v) is 10.3. The Labute approximate surface area is 183 Å². The lowest BCUT2D eigenvalue weighted by Crippen LogP contribution is -2.76. The Kier molecular flexibility index (Phi) is 4.87. The molecular weight excluding hydrogens is 442 g/mol. The number of hydrogen-bond donors (Lipinski definition) is 0. The maximum atomic E-state index is 13.1. The Morgan fingerprint density at radius 3 is 2.59 bits per heavy atom. The number of rotatable bonds is 4. The fourth-order valence-corrected chi connectivity index (χ4v) is 5.23. The molecule has 0 unspecified atom stereocenters. The van der Waals surface area contributed by atoms with Crippen molar-refractivity contribution in [3.8, 4) is 11.4 Å². The summed E-state index contributed by atoms with van der Waals surface area (Å²) in [5, 5.41) is 4.00. The van der Waals surface area contributed by atoms with Crippen LogP contribution in [0.25, 0.3) is 17.0 Å². The van der Waals surface area contributed by atoms with Crippen LogP contribution in [0.3, 0.4) is 0 Å². The second-order valence-electron chi connectivity index (χ2n) is 8.33. The van der Waals surface area contributed by atoms with Crippen LogP contribution in [0.5, 0.6) is 0 Å². The van der Waals surface area contributed by atoms with Crippen LogP contribution in [0.1, 0.15) is 12.1 Å². The number of halogens is 2. The van der Waals surface area contributed by atoms with Crippen molar-refractivity contribution in [3.63, 3.8) is 0 Å². The summed E-state index contributed by atoms with van der Waals surface area (Å²) < 4.78 is 52.8. The van der Waals surface area contributed by atoms with Gasteiger partial charge in [-0.1, -0.05) is 0 Å². The van der Waals surface area contributed by atoms with Gasteiger partial charge in [-0.2, -0.15) is 9.40 Å². The Morgan fingerprint density at radius 2 is 1.88 bits per heavy atom. The molecule has 0 bridgehead atoms. The van der Waals surface area contributed by atoms with Crippen LogP contribution in [0, 0.1) is 0 Å². The summed E-state index contributed by atoms with van der Waals surface area (Å²) in [5.74, 6) is 0.681. The van der Waals surface area contributed by atoms with Crippen molar-refractivity contribution in [1.29, 1.82) is 0 Å². The average molecular weight is 465 g/mol. The third kappa shape index (κ3) is 3.49. The molecule has 10 nitrogen and oxygen atoms in total. The van der Waals surface area contributed by atoms with Gasteiger partial charge in [-0.05, 0) is 19.2 Å². The summed E-state index contributed by atoms with van der Waals surface area (Å²) in [6, 6.07) is 4.53. The Morgan fingerprint density at radius 1 is 1.09 bits per heavy atom. The van der Waals surface area contributed by atoms with Crippen molar-refractivity contribution in [2.45, 2.75) is 12.0 Å². The number of hydrogen-bond acceptors (Lipinski definition) is 8. The third-order valence-electron chi connectivity index (χ3n) is 6.26. The molecule has 0 amide bonds. The first-order valence-electron chi connectivity index (χ1n) is 10.0. The first-order chi connectivity index (χ1) is 15.2. The van der Waals surface area contributed by atoms with Crippen LogP contribution < -0.4 is 4.90 Å². The first-order valence-corrected chi connectivity index (χ1v) is 11.9. The standard InChI is InChI=1S/C19H22F2N8O2S/c1-26-5-6-27(9-19(26)10-28(11-19)32(2,30)31)17-7-14(23-12-24-17)15-8-22-16-4-3-13(18(20)21)25-29(15)16/h3-4,7-8,12,18H,5-6,9-11H2,1-2H3. The van der Waals surface area contributed by atoms with E-state index in [1.807, 2.05) is 7.05 Å². The van der Waals surface area contributed by atoms with Gasteiger partial charge in [-0.25, -0.2) is 36.7 Å². The van der Waals surface area contributed by atoms with Gasteiger partial charge in [0.1, 0.15) is 23.5 Å². The van der Waals surface area contributed by atoms with Crippen LogP contribution in [0.15, 0.2) is 30.7 Å². The minimum Gasteiger partial charge on any atom is -0.353 e. The van der Waals surface area contributed by atoms with E-state index in [1.54, 1.807) is 12.3 Å². The molecule has 0 radical (unpaired) electrons. The molecule has 13 heteroatoms. The van der Waals surface area contributed by atoms with Crippen LogP contribution in [-0.2, 0) is 10.0 Å². The number of alkyl halides is 2. The highest BCUT2D eigenvalue weighted by Crippen LogP contribution is 2.34. The highest BCUT2D eigenvalue weighted by atomic mass is 32.2. The van der Waals surface area contributed by atoms with Crippen LogP contribution in [0.4, 0.5) is 14.6 Å². The van der Waals surface area contributed by atoms with Gasteiger partial charge in [0.25, 0.3) is 6.43 Å². The van der Waals surface area contributed by atoms with Gasteiger partial charge in [0.15, 0.2) is 5.65 Å². The van der Waals surface area contributed by atoms with E-state index in [2.05, 4.69) is 29.9 Å². The maximum absolute atomic E-state index is 13.1. The zero-order chi connectivity index (χ0) is 22.7. The molecule has 1 spiro atoms. The zero-order valence-corrected chi connectivity index (χ0v) is 18.4. The minimum atomic E-state index is -3.22. The number of imidazole rings is 1. The van der Waals surface area contributed by atoms with E-state index in [1.165, 1.54) is 33.5 Å². The van der Waals surface area contributed by atoms with Gasteiger partial charge in [-0.3, -0.25) is 4.90 Å². The SMILES string of the molecule is CN1CCN(c2cc(-c3cnc4ccc(C(F)F)nn34)ncn2)CC12CN(S(C)(=O)=O)C2. The molecule has 5 rings (SSSR count). The van der Waals surface area contributed by atoms with E-state index in [0.717, 1.165) is 6.54 Å². The molecule has 5 heterocycles. The monoisotopic (exact) mass is 464 g/mol. The molecule has 3 aromatic rings. The number of aromatic nitrogens is 5. The predicted octanol–water partition coefficient (Wildman–Crippen LogP) is 0.890. The van der Waals surface area contributed by atoms with E-state index in [-0.39, 0.29) is 11.2 Å². The zero-order valence-electron chi connectivity index (χ0n) is 17.6. The fourth-order valence-electron chi connectivity index (χ4n) is 4.28. The average Bonchev–Trinajstić information content (AvgIpc) is 3.15. The molecule has 170 valence electrons. The summed E-state index contributed by atoms with van der Waals surface area (Å²) in [6.07, 6.45) is 1.51. The number of likely N-dealkylation sites (N-methyl/N-ethyl adjacent to an activating group) is 1. The molecule has 0 aromatic carbocycles. The highest BCUT2D eigenvalue weighted by Gasteiger charge is 2.52. The molecule has 2 saturated heterocycles. The Hall–Kier alpha value is -2.77. The van der Waals surface area contributed by atoms with Crippen LogP contribution in [0.2, 0.25) is 0 Å². The van der Waals surface area contributed by atoms with Crippen molar-refractivity contribution in [2.75, 3.05) is 50.9 Å². The van der Waals surface area contributed by atoms with Crippen molar-refractivity contribution < 1.29 is 17.2 Å². The smallest absolute Gasteiger partial charge is 0.282 e. The molecular formula is C19H22F2N8O2S. The van der Waals surface area contributed by atoms with Gasteiger partial charge in [0.05, 0.1) is 23.7 Å². The molecule has 0 aliphatic carbocycles. The number of piperazine rings is 1. The van der Waals surface area contributed by atoms with Gasteiger partial charge in [0.2, 0.25) is 10.0 Å². The number of anilines is 1. The van der Waals surface area contributed by atoms with Gasteiger partial charge in [-0.15, -0.1) is 0 Å². The van der Waals surface area contributed by atoms with Crippen LogP contribution in [-0.4, -0.2) is 93.8 Å². The summed E-state index contributed by atoms with van der Waals surface area (Å²) in [6.45, 7) is 2.96. The second kappa shape index (κ2) is 7.39. The normalized spacial score (nSPS) is 19.7. The maximum Gasteiger partial charge on any atom is 0.282 e. The fraction of sp³-hybridized carbons (Fsp3) is 0.474. The molecule has 0 atom stereocenters. The van der Waals surface area contributed by atoms with E-state index in [4.69, 9.17) is 0 Å². The predicted molar refractivity (Wildman–Crippen MR) is 113 cm³/mol. The van der Waals surface area contributed by atoms with Gasteiger partial charge in [0, 0.05) is 38.8 Å². The summed E-state index contributed by atoms with van der Waals surface area (Å²) >= 11 is 0. The molecule has 0 N–H and O–H groups in total. The molecule has 3 aromatic heterocycles. The molecule has 0 saturated carbocycles. The van der Waals surface area contributed by atoms with Crippen molar-refractivity contribution >= 4 is 21.5 Å². The molecule has 32 heavy (non-hydrogen) atoms. The molecule has 2 aliphatic heterocycles. The number of nitrogens with zero attached hydrogens (tertiary/aromatic N) is 8. The van der Waals surface area contributed by atoms with Crippen molar-refractivity contribution in [1.82, 2.24) is 33.8 Å². The summed E-state index contributed by atoms with van der Waals surface area (Å²) in [4.78, 5) is 17.3. The highest BCUT2D eigenvalue weighted by molar-refractivity contribution is 7.88. The van der Waals surface area contributed by atoms with Crippen LogP contribution >= 0.6 is 0 Å². The lowest BCUT2D eigenvalue weighted by Gasteiger charge is -2.58. The molecule has 2 aliphatic rings. The van der Waals surface area contributed by atoms with E-state index in [0.29, 0.717) is 49.0 Å². The number of sulfonamides is 1. The van der Waals surface area contributed by atoms with Crippen molar-refractivity contribution in [3.05, 3.63) is 36.4 Å².